The topological polar surface area (TPSA) is 77.2 Å². The molecule has 4 nitrogen and oxygen atoms in total. The standard InChI is InChI=1S/C24H19NO3/c25-17-12-10-16(11-13-17)21(26)14-20(15-6-2-1-3-7-15)22-23(27)18-8-4-5-9-19(18)24(22)28/h1-13,20,22H,14,25H2. The Morgan fingerprint density at radius 2 is 1.32 bits per heavy atom. The van der Waals surface area contributed by atoms with Gasteiger partial charge in [0.25, 0.3) is 0 Å². The van der Waals surface area contributed by atoms with Crippen molar-refractivity contribution < 1.29 is 14.4 Å². The molecule has 1 unspecified atom stereocenters. The normalized spacial score (nSPS) is 14.7. The first-order chi connectivity index (χ1) is 13.6. The van der Waals surface area contributed by atoms with Crippen LogP contribution in [0.1, 0.15) is 49.0 Å². The molecule has 3 aromatic rings. The zero-order valence-electron chi connectivity index (χ0n) is 15.2. The van der Waals surface area contributed by atoms with Crippen molar-refractivity contribution in [2.75, 3.05) is 5.73 Å². The number of benzene rings is 3. The van der Waals surface area contributed by atoms with E-state index in [1.54, 1.807) is 48.5 Å². The molecule has 0 amide bonds. The zero-order chi connectivity index (χ0) is 19.7. The summed E-state index contributed by atoms with van der Waals surface area (Å²) < 4.78 is 0. The van der Waals surface area contributed by atoms with Gasteiger partial charge in [-0.25, -0.2) is 0 Å². The molecule has 1 atom stereocenters. The first-order valence-electron chi connectivity index (χ1n) is 9.17. The Bertz CT molecular complexity index is 1020. The molecule has 4 heteroatoms. The van der Waals surface area contributed by atoms with Gasteiger partial charge in [0.1, 0.15) is 0 Å². The number of nitrogen functional groups attached to an aromatic ring is 1. The van der Waals surface area contributed by atoms with Crippen LogP contribution in [0.4, 0.5) is 5.69 Å². The fourth-order valence-electron chi connectivity index (χ4n) is 3.85. The zero-order valence-corrected chi connectivity index (χ0v) is 15.2. The van der Waals surface area contributed by atoms with Crippen LogP contribution in [0.2, 0.25) is 0 Å². The predicted octanol–water partition coefficient (Wildman–Crippen LogP) is 4.32. The van der Waals surface area contributed by atoms with Gasteiger partial charge in [-0.05, 0) is 29.8 Å². The number of nitrogens with two attached hydrogens (primary N) is 1. The average molecular weight is 369 g/mol. The molecule has 28 heavy (non-hydrogen) atoms. The van der Waals surface area contributed by atoms with E-state index in [-0.39, 0.29) is 23.8 Å². The number of anilines is 1. The Morgan fingerprint density at radius 1 is 0.786 bits per heavy atom. The molecule has 3 aromatic carbocycles. The second-order valence-electron chi connectivity index (χ2n) is 7.02. The molecule has 0 radical (unpaired) electrons. The molecule has 0 saturated carbocycles. The molecule has 0 spiro atoms. The van der Waals surface area contributed by atoms with Crippen molar-refractivity contribution in [3.63, 3.8) is 0 Å². The fraction of sp³-hybridized carbons (Fsp3) is 0.125. The highest BCUT2D eigenvalue weighted by Crippen LogP contribution is 2.39. The van der Waals surface area contributed by atoms with Gasteiger partial charge >= 0.3 is 0 Å². The van der Waals surface area contributed by atoms with E-state index < -0.39 is 11.8 Å². The highest BCUT2D eigenvalue weighted by Gasteiger charge is 2.44. The lowest BCUT2D eigenvalue weighted by Crippen LogP contribution is -2.26. The van der Waals surface area contributed by atoms with Crippen LogP contribution < -0.4 is 5.73 Å². The Hall–Kier alpha value is -3.53. The van der Waals surface area contributed by atoms with Crippen LogP contribution in [-0.4, -0.2) is 17.3 Å². The largest absolute Gasteiger partial charge is 0.399 e. The third-order valence-electron chi connectivity index (χ3n) is 5.29. The molecule has 0 aromatic heterocycles. The van der Waals surface area contributed by atoms with Gasteiger partial charge in [-0.3, -0.25) is 14.4 Å². The summed E-state index contributed by atoms with van der Waals surface area (Å²) in [6.07, 6.45) is 0.0735. The molecule has 0 fully saturated rings. The summed E-state index contributed by atoms with van der Waals surface area (Å²) in [7, 11) is 0. The lowest BCUT2D eigenvalue weighted by atomic mass is 9.79. The molecule has 0 saturated heterocycles. The minimum absolute atomic E-state index is 0.0735. The molecular weight excluding hydrogens is 350 g/mol. The second-order valence-corrected chi connectivity index (χ2v) is 7.02. The van der Waals surface area contributed by atoms with Crippen LogP contribution in [0.15, 0.2) is 78.9 Å². The van der Waals surface area contributed by atoms with E-state index in [1.807, 2.05) is 30.3 Å². The van der Waals surface area contributed by atoms with Gasteiger partial charge in [-0.1, -0.05) is 54.6 Å². The molecule has 2 N–H and O–H groups in total. The Morgan fingerprint density at radius 3 is 1.89 bits per heavy atom. The lowest BCUT2D eigenvalue weighted by Gasteiger charge is -2.21. The summed E-state index contributed by atoms with van der Waals surface area (Å²) in [6.45, 7) is 0. The summed E-state index contributed by atoms with van der Waals surface area (Å²) in [6, 6.07) is 22.9. The predicted molar refractivity (Wildman–Crippen MR) is 108 cm³/mol. The summed E-state index contributed by atoms with van der Waals surface area (Å²) in [5.41, 5.74) is 8.50. The van der Waals surface area contributed by atoms with E-state index in [0.29, 0.717) is 22.4 Å². The molecule has 138 valence electrons. The van der Waals surface area contributed by atoms with E-state index in [1.165, 1.54) is 0 Å². The van der Waals surface area contributed by atoms with Crippen molar-refractivity contribution in [3.8, 4) is 0 Å². The van der Waals surface area contributed by atoms with Crippen molar-refractivity contribution in [3.05, 3.63) is 101 Å². The number of fused-ring (bicyclic) bond motifs is 1. The van der Waals surface area contributed by atoms with E-state index in [4.69, 9.17) is 5.73 Å². The monoisotopic (exact) mass is 369 g/mol. The third-order valence-corrected chi connectivity index (χ3v) is 5.29. The van der Waals surface area contributed by atoms with E-state index >= 15 is 0 Å². The Labute approximate surface area is 163 Å². The van der Waals surface area contributed by atoms with Gasteiger partial charge in [0, 0.05) is 34.7 Å². The minimum atomic E-state index is -0.877. The van der Waals surface area contributed by atoms with E-state index in [9.17, 15) is 14.4 Å². The number of carbonyl (C=O) groups excluding carboxylic acids is 3. The van der Waals surface area contributed by atoms with Gasteiger partial charge in [-0.15, -0.1) is 0 Å². The number of ketones is 3. The maximum Gasteiger partial charge on any atom is 0.175 e. The van der Waals surface area contributed by atoms with Crippen molar-refractivity contribution in [2.24, 2.45) is 5.92 Å². The average Bonchev–Trinajstić information content (AvgIpc) is 2.98. The van der Waals surface area contributed by atoms with Crippen LogP contribution in [0.5, 0.6) is 0 Å². The number of rotatable bonds is 5. The van der Waals surface area contributed by atoms with Crippen LogP contribution in [-0.2, 0) is 0 Å². The molecule has 4 rings (SSSR count). The van der Waals surface area contributed by atoms with Crippen LogP contribution in [0.25, 0.3) is 0 Å². The Balaban J connectivity index is 1.71. The van der Waals surface area contributed by atoms with Gasteiger partial charge in [0.2, 0.25) is 0 Å². The van der Waals surface area contributed by atoms with Crippen molar-refractivity contribution in [1.29, 1.82) is 0 Å². The summed E-state index contributed by atoms with van der Waals surface area (Å²) in [5, 5.41) is 0. The molecule has 0 aliphatic heterocycles. The number of carbonyl (C=O) groups is 3. The molecule has 0 bridgehead atoms. The summed E-state index contributed by atoms with van der Waals surface area (Å²) in [4.78, 5) is 39.0. The maximum atomic E-state index is 13.0. The van der Waals surface area contributed by atoms with Crippen molar-refractivity contribution >= 4 is 23.0 Å². The van der Waals surface area contributed by atoms with Gasteiger partial charge in [-0.2, -0.15) is 0 Å². The number of hydrogen-bond donors (Lipinski definition) is 1. The van der Waals surface area contributed by atoms with Crippen molar-refractivity contribution in [2.45, 2.75) is 12.3 Å². The highest BCUT2D eigenvalue weighted by molar-refractivity contribution is 6.27. The molecule has 1 aliphatic rings. The smallest absolute Gasteiger partial charge is 0.175 e. The molecule has 1 aliphatic carbocycles. The first-order valence-corrected chi connectivity index (χ1v) is 9.17. The van der Waals surface area contributed by atoms with Crippen LogP contribution in [0, 0.1) is 5.92 Å². The van der Waals surface area contributed by atoms with E-state index in [2.05, 4.69) is 0 Å². The van der Waals surface area contributed by atoms with Gasteiger partial charge in [0.15, 0.2) is 17.3 Å². The number of Topliss-reactive ketones (excluding diaryl/α,β-unsaturated/α-hetero) is 3. The number of hydrogen-bond acceptors (Lipinski definition) is 4. The Kier molecular flexibility index (Phi) is 4.62. The van der Waals surface area contributed by atoms with Crippen LogP contribution >= 0.6 is 0 Å². The quantitative estimate of drug-likeness (QED) is 0.413. The fourth-order valence-corrected chi connectivity index (χ4v) is 3.85. The summed E-state index contributed by atoms with van der Waals surface area (Å²) in [5.74, 6) is -1.93. The first kappa shape index (κ1) is 17.9. The second kappa shape index (κ2) is 7.24. The SMILES string of the molecule is Nc1ccc(C(=O)CC(c2ccccc2)C2C(=O)c3ccccc3C2=O)cc1. The third kappa shape index (κ3) is 3.14. The van der Waals surface area contributed by atoms with Gasteiger partial charge in [0.05, 0.1) is 5.92 Å². The molecule has 0 heterocycles. The minimum Gasteiger partial charge on any atom is -0.399 e. The summed E-state index contributed by atoms with van der Waals surface area (Å²) >= 11 is 0. The van der Waals surface area contributed by atoms with Crippen molar-refractivity contribution in [1.82, 2.24) is 0 Å². The lowest BCUT2D eigenvalue weighted by molar-refractivity contribution is 0.0802. The van der Waals surface area contributed by atoms with E-state index in [0.717, 1.165) is 5.56 Å². The highest BCUT2D eigenvalue weighted by atomic mass is 16.2. The maximum absolute atomic E-state index is 13.0. The molecular formula is C24H19NO3. The van der Waals surface area contributed by atoms with Crippen LogP contribution in [0.3, 0.4) is 0 Å². The van der Waals surface area contributed by atoms with Gasteiger partial charge < -0.3 is 5.73 Å².